The van der Waals surface area contributed by atoms with Gasteiger partial charge < -0.3 is 15.0 Å². The third-order valence-corrected chi connectivity index (χ3v) is 4.10. The molecule has 1 fully saturated rings. The third-order valence-electron chi connectivity index (χ3n) is 4.10. The van der Waals surface area contributed by atoms with Gasteiger partial charge in [-0.15, -0.1) is 0 Å². The fourth-order valence-corrected chi connectivity index (χ4v) is 3.07. The highest BCUT2D eigenvalue weighted by Crippen LogP contribution is 2.28. The molecule has 8 heteroatoms. The van der Waals surface area contributed by atoms with Crippen molar-refractivity contribution < 1.29 is 9.53 Å². The molecule has 130 valence electrons. The topological polar surface area (TPSA) is 96.0 Å². The van der Waals surface area contributed by atoms with Gasteiger partial charge in [-0.25, -0.2) is 14.8 Å². The Balaban J connectivity index is 1.65. The van der Waals surface area contributed by atoms with Crippen LogP contribution in [-0.4, -0.2) is 50.5 Å². The number of alkyl carbamates (subject to hydrolysis) is 1. The Morgan fingerprint density at radius 1 is 1.42 bits per heavy atom. The van der Waals surface area contributed by atoms with Crippen LogP contribution in [0.5, 0.6) is 0 Å². The van der Waals surface area contributed by atoms with Crippen molar-refractivity contribution >= 4 is 22.9 Å². The molecule has 2 aromatic heterocycles. The van der Waals surface area contributed by atoms with Gasteiger partial charge in [0, 0.05) is 18.6 Å². The van der Waals surface area contributed by atoms with E-state index in [1.165, 1.54) is 0 Å². The minimum Gasteiger partial charge on any atom is -0.444 e. The quantitative estimate of drug-likeness (QED) is 0.875. The van der Waals surface area contributed by atoms with E-state index in [9.17, 15) is 4.79 Å². The average Bonchev–Trinajstić information content (AvgIpc) is 2.94. The van der Waals surface area contributed by atoms with E-state index < -0.39 is 5.60 Å². The zero-order valence-corrected chi connectivity index (χ0v) is 14.5. The van der Waals surface area contributed by atoms with Gasteiger partial charge in [-0.05, 0) is 40.5 Å². The zero-order valence-electron chi connectivity index (χ0n) is 14.5. The van der Waals surface area contributed by atoms with Crippen LogP contribution in [0.15, 0.2) is 12.5 Å². The van der Waals surface area contributed by atoms with Gasteiger partial charge in [0.25, 0.3) is 0 Å². The molecule has 0 aromatic carbocycles. The van der Waals surface area contributed by atoms with Crippen molar-refractivity contribution in [1.82, 2.24) is 25.5 Å². The molecule has 1 amide bonds. The largest absolute Gasteiger partial charge is 0.444 e. The van der Waals surface area contributed by atoms with Gasteiger partial charge in [-0.3, -0.25) is 5.10 Å². The van der Waals surface area contributed by atoms with Gasteiger partial charge >= 0.3 is 6.09 Å². The number of aromatic amines is 1. The van der Waals surface area contributed by atoms with Gasteiger partial charge in [0.05, 0.1) is 11.6 Å². The molecule has 3 heterocycles. The van der Waals surface area contributed by atoms with E-state index in [4.69, 9.17) is 4.74 Å². The van der Waals surface area contributed by atoms with Crippen molar-refractivity contribution in [2.75, 3.05) is 11.4 Å². The molecule has 1 aliphatic heterocycles. The Bertz CT molecular complexity index is 723. The Kier molecular flexibility index (Phi) is 4.29. The average molecular weight is 332 g/mol. The first-order valence-corrected chi connectivity index (χ1v) is 8.24. The lowest BCUT2D eigenvalue weighted by molar-refractivity contribution is 0.0494. The Morgan fingerprint density at radius 2 is 2.21 bits per heavy atom. The molecular weight excluding hydrogens is 308 g/mol. The number of fused-ring (bicyclic) bond motifs is 1. The van der Waals surface area contributed by atoms with Gasteiger partial charge in [-0.1, -0.05) is 0 Å². The summed E-state index contributed by atoms with van der Waals surface area (Å²) in [6.45, 7) is 8.53. The van der Waals surface area contributed by atoms with Crippen molar-refractivity contribution in [1.29, 1.82) is 0 Å². The number of hydrogen-bond acceptors (Lipinski definition) is 6. The number of piperidine rings is 1. The van der Waals surface area contributed by atoms with Crippen LogP contribution in [0.1, 0.15) is 40.5 Å². The molecule has 1 aliphatic rings. The van der Waals surface area contributed by atoms with E-state index in [2.05, 4.69) is 37.3 Å². The van der Waals surface area contributed by atoms with E-state index in [0.29, 0.717) is 0 Å². The van der Waals surface area contributed by atoms with E-state index in [-0.39, 0.29) is 18.2 Å². The fraction of sp³-hybridized carbons (Fsp3) is 0.625. The SMILES string of the molecule is CC1CC(NC(=O)OC(C)(C)C)CCN1c1ncnc2[nH]ncc12. The summed E-state index contributed by atoms with van der Waals surface area (Å²) in [6, 6.07) is 0.347. The number of amides is 1. The zero-order chi connectivity index (χ0) is 17.3. The standard InChI is InChI=1S/C16H24N6O2/c1-10-7-11(20-15(23)24-16(2,3)4)5-6-22(10)14-12-8-19-21-13(12)17-9-18-14/h8-11H,5-7H2,1-4H3,(H,20,23)(H,17,18,19,21). The summed E-state index contributed by atoms with van der Waals surface area (Å²) in [6.07, 6.45) is 4.62. The van der Waals surface area contributed by atoms with Gasteiger partial charge in [0.2, 0.25) is 0 Å². The smallest absolute Gasteiger partial charge is 0.407 e. The normalized spacial score (nSPS) is 21.8. The first kappa shape index (κ1) is 16.5. The van der Waals surface area contributed by atoms with E-state index >= 15 is 0 Å². The molecule has 0 bridgehead atoms. The van der Waals surface area contributed by atoms with Gasteiger partial charge in [-0.2, -0.15) is 5.10 Å². The van der Waals surface area contributed by atoms with Crippen LogP contribution < -0.4 is 10.2 Å². The lowest BCUT2D eigenvalue weighted by atomic mass is 9.98. The summed E-state index contributed by atoms with van der Waals surface area (Å²) in [7, 11) is 0. The van der Waals surface area contributed by atoms with Gasteiger partial charge in [0.1, 0.15) is 17.7 Å². The molecule has 0 saturated carbocycles. The first-order valence-electron chi connectivity index (χ1n) is 8.24. The van der Waals surface area contributed by atoms with Crippen molar-refractivity contribution in [3.8, 4) is 0 Å². The Morgan fingerprint density at radius 3 is 2.92 bits per heavy atom. The second kappa shape index (κ2) is 6.26. The number of hydrogen-bond donors (Lipinski definition) is 2. The number of nitrogens with zero attached hydrogens (tertiary/aromatic N) is 4. The molecule has 2 aromatic rings. The van der Waals surface area contributed by atoms with Crippen LogP contribution in [0.3, 0.4) is 0 Å². The number of rotatable bonds is 2. The van der Waals surface area contributed by atoms with Crippen molar-refractivity contribution in [2.45, 2.75) is 58.2 Å². The molecule has 0 spiro atoms. The molecule has 2 unspecified atom stereocenters. The van der Waals surface area contributed by atoms with Crippen LogP contribution in [-0.2, 0) is 4.74 Å². The lowest BCUT2D eigenvalue weighted by Crippen LogP contribution is -2.50. The number of aromatic nitrogens is 4. The second-order valence-corrected chi connectivity index (χ2v) is 7.24. The summed E-state index contributed by atoms with van der Waals surface area (Å²) >= 11 is 0. The predicted molar refractivity (Wildman–Crippen MR) is 90.9 cm³/mol. The summed E-state index contributed by atoms with van der Waals surface area (Å²) in [5.74, 6) is 0.886. The molecule has 2 atom stereocenters. The summed E-state index contributed by atoms with van der Waals surface area (Å²) in [5.41, 5.74) is 0.255. The van der Waals surface area contributed by atoms with Crippen LogP contribution in [0.4, 0.5) is 10.6 Å². The molecule has 2 N–H and O–H groups in total. The number of anilines is 1. The molecule has 0 radical (unpaired) electrons. The maximum absolute atomic E-state index is 11.9. The molecule has 24 heavy (non-hydrogen) atoms. The minimum absolute atomic E-state index is 0.104. The van der Waals surface area contributed by atoms with E-state index in [1.807, 2.05) is 20.8 Å². The highest BCUT2D eigenvalue weighted by atomic mass is 16.6. The van der Waals surface area contributed by atoms with Crippen molar-refractivity contribution in [2.24, 2.45) is 0 Å². The number of carbonyl (C=O) groups is 1. The molecule has 3 rings (SSSR count). The predicted octanol–water partition coefficient (Wildman–Crippen LogP) is 2.23. The highest BCUT2D eigenvalue weighted by Gasteiger charge is 2.29. The van der Waals surface area contributed by atoms with E-state index in [1.54, 1.807) is 12.5 Å². The summed E-state index contributed by atoms with van der Waals surface area (Å²) in [4.78, 5) is 22.8. The fourth-order valence-electron chi connectivity index (χ4n) is 3.07. The number of H-pyrrole nitrogens is 1. The van der Waals surface area contributed by atoms with Crippen LogP contribution in [0.25, 0.3) is 11.0 Å². The van der Waals surface area contributed by atoms with Crippen LogP contribution >= 0.6 is 0 Å². The molecule has 0 aliphatic carbocycles. The minimum atomic E-state index is -0.482. The summed E-state index contributed by atoms with van der Waals surface area (Å²) < 4.78 is 5.34. The van der Waals surface area contributed by atoms with Crippen molar-refractivity contribution in [3.05, 3.63) is 12.5 Å². The van der Waals surface area contributed by atoms with Crippen LogP contribution in [0.2, 0.25) is 0 Å². The number of nitrogens with one attached hydrogen (secondary N) is 2. The molecular formula is C16H24N6O2. The maximum atomic E-state index is 11.9. The number of ether oxygens (including phenoxy) is 1. The second-order valence-electron chi connectivity index (χ2n) is 7.24. The third kappa shape index (κ3) is 3.58. The first-order chi connectivity index (χ1) is 11.3. The summed E-state index contributed by atoms with van der Waals surface area (Å²) in [5, 5.41) is 10.8. The number of carbonyl (C=O) groups excluding carboxylic acids is 1. The molecule has 8 nitrogen and oxygen atoms in total. The van der Waals surface area contributed by atoms with E-state index in [0.717, 1.165) is 36.2 Å². The van der Waals surface area contributed by atoms with Crippen LogP contribution in [0, 0.1) is 0 Å². The lowest BCUT2D eigenvalue weighted by Gasteiger charge is -2.38. The maximum Gasteiger partial charge on any atom is 0.407 e. The molecule has 1 saturated heterocycles. The van der Waals surface area contributed by atoms with Gasteiger partial charge in [0.15, 0.2) is 5.65 Å². The Labute approximate surface area is 141 Å². The Hall–Kier alpha value is -2.38. The monoisotopic (exact) mass is 332 g/mol. The highest BCUT2D eigenvalue weighted by molar-refractivity contribution is 5.86. The van der Waals surface area contributed by atoms with Crippen molar-refractivity contribution in [3.63, 3.8) is 0 Å².